The zero-order valence-corrected chi connectivity index (χ0v) is 38.4. The van der Waals surface area contributed by atoms with Crippen LogP contribution in [0.3, 0.4) is 0 Å². The van der Waals surface area contributed by atoms with Crippen molar-refractivity contribution < 1.29 is 42.3 Å². The Morgan fingerprint density at radius 1 is 0.855 bits per heavy atom. The molecule has 4 aromatic rings. The van der Waals surface area contributed by atoms with Crippen molar-refractivity contribution >= 4 is 69.2 Å². The minimum absolute atomic E-state index is 0.0686. The molecule has 16 nitrogen and oxygen atoms in total. The van der Waals surface area contributed by atoms with Crippen LogP contribution in [0.25, 0.3) is 10.9 Å². The Morgan fingerprint density at radius 2 is 1.64 bits per heavy atom. The lowest BCUT2D eigenvalue weighted by molar-refractivity contribution is -0.136. The topological polar surface area (TPSA) is 198 Å². The van der Waals surface area contributed by atoms with Crippen LogP contribution in [0.4, 0.5) is 31.7 Å². The largest absolute Gasteiger partial charge is 0.385 e. The number of amides is 6. The highest BCUT2D eigenvalue weighted by atomic mass is 19.1. The third-order valence-electron chi connectivity index (χ3n) is 13.6. The van der Waals surface area contributed by atoms with Crippen LogP contribution in [0, 0.1) is 0 Å². The number of halogens is 2. The molecule has 0 spiro atoms. The van der Waals surface area contributed by atoms with Gasteiger partial charge in [0.1, 0.15) is 18.0 Å². The molecular weight excluding hydrogens is 889 g/mol. The van der Waals surface area contributed by atoms with Gasteiger partial charge in [-0.05, 0) is 110 Å². The highest BCUT2D eigenvalue weighted by Gasteiger charge is 2.44. The van der Waals surface area contributed by atoms with Crippen LogP contribution in [0.2, 0.25) is 0 Å². The Kier molecular flexibility index (Phi) is 14.4. The third kappa shape index (κ3) is 11.0. The summed E-state index contributed by atoms with van der Waals surface area (Å²) in [6.45, 7) is 4.42. The van der Waals surface area contributed by atoms with E-state index in [2.05, 4.69) is 36.4 Å². The standard InChI is InChI=1S/C51H57F2N9O7/c52-33-25-32(26-34(53)28-33)24-31-7-12-42-41(27-31)47(59-58-42)57-48(65)39-11-9-37(30-43(39)55-35-15-22-69-23-16-35)60-18-20-61(21-19-60)46(64)6-4-2-1-3-5-17-54-36-8-10-38-40(29-36)51(68)62(50(38)67)44-13-14-45(63)56-49(44)66/h7-12,25-27,29-30,33,35,44,54-55H,1-6,13-24,28H2,(H,56,63,66)(H2,57,58,59,65). The highest BCUT2D eigenvalue weighted by molar-refractivity contribution is 6.23. The molecule has 2 atom stereocenters. The lowest BCUT2D eigenvalue weighted by Gasteiger charge is -2.36. The monoisotopic (exact) mass is 945 g/mol. The molecule has 362 valence electrons. The third-order valence-corrected chi connectivity index (χ3v) is 13.6. The Bertz CT molecular complexity index is 2710. The molecule has 3 saturated heterocycles. The summed E-state index contributed by atoms with van der Waals surface area (Å²) in [7, 11) is 0. The molecule has 1 aromatic heterocycles. The number of alkyl halides is 1. The maximum absolute atomic E-state index is 14.0. The number of rotatable bonds is 17. The van der Waals surface area contributed by atoms with Crippen molar-refractivity contribution in [2.75, 3.05) is 66.8 Å². The number of aromatic nitrogens is 2. The minimum Gasteiger partial charge on any atom is -0.385 e. The average Bonchev–Trinajstić information content (AvgIpc) is 3.84. The molecule has 5 N–H and O–H groups in total. The number of hydrogen-bond donors (Lipinski definition) is 5. The van der Waals surface area contributed by atoms with E-state index >= 15 is 0 Å². The van der Waals surface area contributed by atoms with Gasteiger partial charge in [0, 0.05) is 93.7 Å². The average molecular weight is 946 g/mol. The van der Waals surface area contributed by atoms with E-state index in [1.807, 2.05) is 41.3 Å². The number of nitrogens with one attached hydrogen (secondary N) is 5. The summed E-state index contributed by atoms with van der Waals surface area (Å²) in [5, 5.41) is 20.2. The quantitative estimate of drug-likeness (QED) is 0.0541. The minimum atomic E-state index is -1.35. The number of piperazine rings is 1. The molecule has 6 amide bonds. The number of fused-ring (bicyclic) bond motifs is 2. The summed E-state index contributed by atoms with van der Waals surface area (Å²) in [5.41, 5.74) is 5.40. The van der Waals surface area contributed by atoms with Crippen LogP contribution in [0.5, 0.6) is 0 Å². The number of piperidine rings is 1. The molecule has 5 heterocycles. The van der Waals surface area contributed by atoms with Crippen molar-refractivity contribution in [3.05, 3.63) is 100 Å². The van der Waals surface area contributed by atoms with E-state index in [-0.39, 0.29) is 48.2 Å². The van der Waals surface area contributed by atoms with E-state index in [0.29, 0.717) is 98.0 Å². The van der Waals surface area contributed by atoms with Crippen LogP contribution in [0.1, 0.15) is 107 Å². The fraction of sp³-hybridized carbons (Fsp3) is 0.431. The van der Waals surface area contributed by atoms with Gasteiger partial charge in [-0.2, -0.15) is 5.10 Å². The van der Waals surface area contributed by atoms with E-state index in [4.69, 9.17) is 4.74 Å². The Hall–Kier alpha value is -6.95. The van der Waals surface area contributed by atoms with Gasteiger partial charge in [-0.1, -0.05) is 25.3 Å². The fourth-order valence-corrected chi connectivity index (χ4v) is 9.80. The zero-order chi connectivity index (χ0) is 48.0. The van der Waals surface area contributed by atoms with Gasteiger partial charge >= 0.3 is 0 Å². The molecule has 0 bridgehead atoms. The summed E-state index contributed by atoms with van der Waals surface area (Å²) < 4.78 is 33.6. The van der Waals surface area contributed by atoms with Crippen molar-refractivity contribution in [1.29, 1.82) is 0 Å². The van der Waals surface area contributed by atoms with E-state index < -0.39 is 41.7 Å². The molecular formula is C51H57F2N9O7. The second-order valence-corrected chi connectivity index (χ2v) is 18.4. The lowest BCUT2D eigenvalue weighted by Crippen LogP contribution is -2.54. The predicted molar refractivity (Wildman–Crippen MR) is 257 cm³/mol. The van der Waals surface area contributed by atoms with Crippen molar-refractivity contribution in [3.63, 3.8) is 0 Å². The highest BCUT2D eigenvalue weighted by Crippen LogP contribution is 2.32. The Morgan fingerprint density at radius 3 is 2.43 bits per heavy atom. The van der Waals surface area contributed by atoms with Gasteiger partial charge in [-0.25, -0.2) is 8.78 Å². The molecule has 0 radical (unpaired) electrons. The van der Waals surface area contributed by atoms with Crippen LogP contribution in [-0.2, 0) is 25.5 Å². The molecule has 9 rings (SSSR count). The summed E-state index contributed by atoms with van der Waals surface area (Å²) in [4.78, 5) is 82.5. The van der Waals surface area contributed by atoms with E-state index in [0.717, 1.165) is 61.1 Å². The van der Waals surface area contributed by atoms with E-state index in [9.17, 15) is 37.5 Å². The molecule has 3 fully saturated rings. The number of imide groups is 2. The maximum atomic E-state index is 14.0. The van der Waals surface area contributed by atoms with Crippen molar-refractivity contribution in [1.82, 2.24) is 25.3 Å². The van der Waals surface area contributed by atoms with Gasteiger partial charge in [-0.15, -0.1) is 0 Å². The number of nitrogens with zero attached hydrogens (tertiary/aromatic N) is 4. The summed E-state index contributed by atoms with van der Waals surface area (Å²) in [5.74, 6) is -2.43. The first-order valence-corrected chi connectivity index (χ1v) is 24.1. The summed E-state index contributed by atoms with van der Waals surface area (Å²) in [6.07, 6.45) is 8.38. The fourth-order valence-electron chi connectivity index (χ4n) is 9.80. The smallest absolute Gasteiger partial charge is 0.262 e. The van der Waals surface area contributed by atoms with Crippen LogP contribution < -0.4 is 26.2 Å². The molecule has 1 aliphatic carbocycles. The van der Waals surface area contributed by atoms with Gasteiger partial charge in [0.25, 0.3) is 17.7 Å². The zero-order valence-electron chi connectivity index (χ0n) is 38.4. The number of hydrogen-bond acceptors (Lipinski definition) is 11. The van der Waals surface area contributed by atoms with Gasteiger partial charge in [0.15, 0.2) is 5.82 Å². The Labute approximate surface area is 398 Å². The molecule has 3 aromatic carbocycles. The number of H-pyrrole nitrogens is 1. The second-order valence-electron chi connectivity index (χ2n) is 18.4. The molecule has 18 heteroatoms. The number of aromatic amines is 1. The Balaban J connectivity index is 0.725. The lowest BCUT2D eigenvalue weighted by atomic mass is 9.97. The second kappa shape index (κ2) is 21.1. The molecule has 5 aliphatic rings. The SMILES string of the molecule is O=C1CCC(N2C(=O)c3ccc(NCCCCCCCC(=O)N4CCN(c5ccc(C(=O)Nc6n[nH]c7ccc(CC8=CC(F)CC(F)=C8)cc67)c(NC6CCOCC6)c5)CC4)cc3C2=O)C(=O)N1. The van der Waals surface area contributed by atoms with Gasteiger partial charge < -0.3 is 30.5 Å². The molecule has 0 saturated carbocycles. The number of ether oxygens (including phenoxy) is 1. The van der Waals surface area contributed by atoms with Crippen molar-refractivity contribution in [2.24, 2.45) is 0 Å². The van der Waals surface area contributed by atoms with E-state index in [1.54, 1.807) is 18.2 Å². The molecule has 4 aliphatic heterocycles. The number of allylic oxidation sites excluding steroid dienone is 4. The summed E-state index contributed by atoms with van der Waals surface area (Å²) in [6, 6.07) is 15.5. The molecule has 69 heavy (non-hydrogen) atoms. The van der Waals surface area contributed by atoms with Crippen LogP contribution in [0.15, 0.2) is 78.1 Å². The van der Waals surface area contributed by atoms with Crippen molar-refractivity contribution in [3.8, 4) is 0 Å². The van der Waals surface area contributed by atoms with Crippen LogP contribution in [-0.4, -0.2) is 120 Å². The van der Waals surface area contributed by atoms with Gasteiger partial charge in [0.2, 0.25) is 17.7 Å². The summed E-state index contributed by atoms with van der Waals surface area (Å²) >= 11 is 0. The number of carbonyl (C=O) groups is 6. The first kappa shape index (κ1) is 47.1. The van der Waals surface area contributed by atoms with Gasteiger partial charge in [0.05, 0.1) is 22.2 Å². The van der Waals surface area contributed by atoms with Gasteiger partial charge in [-0.3, -0.25) is 44.1 Å². The number of anilines is 4. The first-order chi connectivity index (χ1) is 33.5. The van der Waals surface area contributed by atoms with E-state index in [1.165, 1.54) is 12.2 Å². The number of carbonyl (C=O) groups excluding carboxylic acids is 6. The normalized spacial score (nSPS) is 19.9. The predicted octanol–water partition coefficient (Wildman–Crippen LogP) is 6.97. The number of unbranched alkanes of at least 4 members (excludes halogenated alkanes) is 4. The number of benzene rings is 3. The first-order valence-electron chi connectivity index (χ1n) is 24.1. The maximum Gasteiger partial charge on any atom is 0.262 e. The molecule has 2 unspecified atom stereocenters. The van der Waals surface area contributed by atoms with Crippen LogP contribution >= 0.6 is 0 Å². The van der Waals surface area contributed by atoms with Crippen molar-refractivity contribution in [2.45, 2.75) is 95.3 Å².